The number of aromatic nitrogens is 1. The molecule has 0 aliphatic carbocycles. The molecule has 0 atom stereocenters. The van der Waals surface area contributed by atoms with Crippen LogP contribution < -0.4 is 0 Å². The monoisotopic (exact) mass is 469 g/mol. The summed E-state index contributed by atoms with van der Waals surface area (Å²) in [5.74, 6) is -1.51. The highest BCUT2D eigenvalue weighted by atomic mass is 32.1. The Kier molecular flexibility index (Phi) is 5.95. The Hall–Kier alpha value is -3.65. The summed E-state index contributed by atoms with van der Waals surface area (Å²) >= 11 is 1.47. The molecule has 4 nitrogen and oxygen atoms in total. The molecule has 0 spiro atoms. The van der Waals surface area contributed by atoms with Gasteiger partial charge in [-0.05, 0) is 59.5 Å². The van der Waals surface area contributed by atoms with E-state index in [1.165, 1.54) is 35.6 Å². The first-order valence-electron chi connectivity index (χ1n) is 9.91. The van der Waals surface area contributed by atoms with Crippen molar-refractivity contribution in [2.75, 3.05) is 0 Å². The minimum atomic E-state index is -4.36. The minimum absolute atomic E-state index is 0.166. The third kappa shape index (κ3) is 4.90. The van der Waals surface area contributed by atoms with Crippen molar-refractivity contribution in [3.63, 3.8) is 0 Å². The molecule has 33 heavy (non-hydrogen) atoms. The molecule has 0 unspecified atom stereocenters. The van der Waals surface area contributed by atoms with Gasteiger partial charge in [0.25, 0.3) is 0 Å². The summed E-state index contributed by atoms with van der Waals surface area (Å²) in [6, 6.07) is 17.1. The maximum Gasteiger partial charge on any atom is 0.416 e. The lowest BCUT2D eigenvalue weighted by Gasteiger charge is -2.07. The van der Waals surface area contributed by atoms with Crippen molar-refractivity contribution in [2.45, 2.75) is 19.5 Å². The molecule has 8 heteroatoms. The highest BCUT2D eigenvalue weighted by molar-refractivity contribution is 7.15. The summed E-state index contributed by atoms with van der Waals surface area (Å²) in [4.78, 5) is 16.7. The third-order valence-corrected chi connectivity index (χ3v) is 6.37. The van der Waals surface area contributed by atoms with E-state index in [9.17, 15) is 23.1 Å². The van der Waals surface area contributed by atoms with Crippen LogP contribution in [0.1, 0.15) is 32.2 Å². The molecule has 3 aromatic carbocycles. The van der Waals surface area contributed by atoms with Crippen LogP contribution >= 0.6 is 11.3 Å². The number of alkyl halides is 3. The van der Waals surface area contributed by atoms with Gasteiger partial charge < -0.3 is 10.2 Å². The van der Waals surface area contributed by atoms with Gasteiger partial charge in [-0.2, -0.15) is 13.2 Å². The zero-order chi connectivity index (χ0) is 23.8. The number of nitrogens with zero attached hydrogens (tertiary/aromatic N) is 1. The number of halogens is 3. The standard InChI is InChI=1S/C25H18F3NO3S/c1-14-23(33-22(29-14)11-15-5-8-19(9-6-15)25(26,27)28)18-4-2-3-16(12-18)17-7-10-20(24(31)32)21(30)13-17/h2-10,12-13,30H,11H2,1H3,(H,31,32). The van der Waals surface area contributed by atoms with Gasteiger partial charge in [-0.15, -0.1) is 11.3 Å². The van der Waals surface area contributed by atoms with Crippen LogP contribution in [-0.2, 0) is 12.6 Å². The molecule has 0 saturated carbocycles. The molecule has 0 aliphatic rings. The molecule has 0 aliphatic heterocycles. The number of hydrogen-bond donors (Lipinski definition) is 2. The van der Waals surface area contributed by atoms with Crippen molar-refractivity contribution in [3.05, 3.63) is 94.1 Å². The lowest BCUT2D eigenvalue weighted by Crippen LogP contribution is -2.04. The van der Waals surface area contributed by atoms with Gasteiger partial charge in [0.15, 0.2) is 0 Å². The van der Waals surface area contributed by atoms with E-state index in [1.54, 1.807) is 6.07 Å². The summed E-state index contributed by atoms with van der Waals surface area (Å²) < 4.78 is 38.3. The molecule has 168 valence electrons. The zero-order valence-corrected chi connectivity index (χ0v) is 18.2. The fourth-order valence-electron chi connectivity index (χ4n) is 3.51. The normalized spacial score (nSPS) is 11.5. The van der Waals surface area contributed by atoms with Crippen LogP contribution in [0.4, 0.5) is 13.2 Å². The van der Waals surface area contributed by atoms with E-state index >= 15 is 0 Å². The number of benzene rings is 3. The number of phenols is 1. The fourth-order valence-corrected chi connectivity index (χ4v) is 4.61. The molecule has 4 rings (SSSR count). The maximum atomic E-state index is 12.8. The first-order chi connectivity index (χ1) is 15.6. The maximum absolute atomic E-state index is 12.8. The topological polar surface area (TPSA) is 70.4 Å². The highest BCUT2D eigenvalue weighted by Crippen LogP contribution is 2.35. The number of aromatic carboxylic acids is 1. The second kappa shape index (κ2) is 8.71. The predicted molar refractivity (Wildman–Crippen MR) is 121 cm³/mol. The summed E-state index contributed by atoms with van der Waals surface area (Å²) in [6.45, 7) is 1.88. The molecule has 0 fully saturated rings. The Morgan fingerprint density at radius 1 is 0.970 bits per heavy atom. The Morgan fingerprint density at radius 3 is 2.27 bits per heavy atom. The fraction of sp³-hybridized carbons (Fsp3) is 0.120. The quantitative estimate of drug-likeness (QED) is 0.337. The first kappa shape index (κ1) is 22.5. The van der Waals surface area contributed by atoms with Crippen LogP contribution in [0.5, 0.6) is 5.75 Å². The SMILES string of the molecule is Cc1nc(Cc2ccc(C(F)(F)F)cc2)sc1-c1cccc(-c2ccc(C(=O)O)c(O)c2)c1. The summed E-state index contributed by atoms with van der Waals surface area (Å²) in [7, 11) is 0. The summed E-state index contributed by atoms with van der Waals surface area (Å²) in [6.07, 6.45) is -3.94. The number of carboxylic acids is 1. The molecule has 0 amide bonds. The minimum Gasteiger partial charge on any atom is -0.507 e. The van der Waals surface area contributed by atoms with Gasteiger partial charge in [0.1, 0.15) is 11.3 Å². The van der Waals surface area contributed by atoms with E-state index in [0.29, 0.717) is 12.0 Å². The molecular formula is C25H18F3NO3S. The van der Waals surface area contributed by atoms with E-state index in [0.717, 1.165) is 44.4 Å². The Balaban J connectivity index is 1.60. The number of aromatic hydroxyl groups is 1. The number of carbonyl (C=O) groups is 1. The first-order valence-corrected chi connectivity index (χ1v) is 10.7. The Bertz CT molecular complexity index is 1330. The van der Waals surface area contributed by atoms with Crippen LogP contribution in [0.2, 0.25) is 0 Å². The van der Waals surface area contributed by atoms with Crippen LogP contribution in [0.3, 0.4) is 0 Å². The van der Waals surface area contributed by atoms with Gasteiger partial charge in [0.2, 0.25) is 0 Å². The number of aryl methyl sites for hydroxylation is 1. The average Bonchev–Trinajstić information content (AvgIpc) is 3.13. The van der Waals surface area contributed by atoms with Crippen LogP contribution in [0, 0.1) is 6.92 Å². The van der Waals surface area contributed by atoms with Crippen LogP contribution in [0.15, 0.2) is 66.7 Å². The van der Waals surface area contributed by atoms with Crippen molar-refractivity contribution in [1.29, 1.82) is 0 Å². The lowest BCUT2D eigenvalue weighted by atomic mass is 10.0. The third-order valence-electron chi connectivity index (χ3n) is 5.16. The number of rotatable bonds is 5. The van der Waals surface area contributed by atoms with Crippen molar-refractivity contribution in [3.8, 4) is 27.3 Å². The highest BCUT2D eigenvalue weighted by Gasteiger charge is 2.30. The Labute approximate surface area is 191 Å². The van der Waals surface area contributed by atoms with E-state index in [-0.39, 0.29) is 11.3 Å². The van der Waals surface area contributed by atoms with Crippen molar-refractivity contribution in [2.24, 2.45) is 0 Å². The van der Waals surface area contributed by atoms with E-state index < -0.39 is 17.7 Å². The average molecular weight is 469 g/mol. The van der Waals surface area contributed by atoms with Gasteiger partial charge in [-0.1, -0.05) is 36.4 Å². The number of carboxylic acid groups (broad SMARTS) is 1. The van der Waals surface area contributed by atoms with Crippen molar-refractivity contribution in [1.82, 2.24) is 4.98 Å². The molecule has 1 aromatic heterocycles. The molecular weight excluding hydrogens is 451 g/mol. The molecule has 1 heterocycles. The van der Waals surface area contributed by atoms with Crippen molar-refractivity contribution >= 4 is 17.3 Å². The van der Waals surface area contributed by atoms with Crippen molar-refractivity contribution < 1.29 is 28.2 Å². The second-order valence-corrected chi connectivity index (χ2v) is 8.60. The van der Waals surface area contributed by atoms with E-state index in [2.05, 4.69) is 4.98 Å². The molecule has 2 N–H and O–H groups in total. The van der Waals surface area contributed by atoms with Crippen LogP contribution in [-0.4, -0.2) is 21.2 Å². The van der Waals surface area contributed by atoms with E-state index in [1.807, 2.05) is 31.2 Å². The Morgan fingerprint density at radius 2 is 1.64 bits per heavy atom. The predicted octanol–water partition coefficient (Wildman–Crippen LogP) is 6.80. The zero-order valence-electron chi connectivity index (χ0n) is 17.3. The lowest BCUT2D eigenvalue weighted by molar-refractivity contribution is -0.137. The van der Waals surface area contributed by atoms with Gasteiger partial charge in [-0.3, -0.25) is 0 Å². The van der Waals surface area contributed by atoms with Gasteiger partial charge in [0.05, 0.1) is 21.1 Å². The summed E-state index contributed by atoms with van der Waals surface area (Å²) in [5.41, 5.74) is 3.09. The van der Waals surface area contributed by atoms with Gasteiger partial charge >= 0.3 is 12.1 Å². The largest absolute Gasteiger partial charge is 0.507 e. The molecule has 0 saturated heterocycles. The molecule has 0 radical (unpaired) electrons. The summed E-state index contributed by atoms with van der Waals surface area (Å²) in [5, 5.41) is 19.9. The van der Waals surface area contributed by atoms with Gasteiger partial charge in [-0.25, -0.2) is 9.78 Å². The number of thiazole rings is 1. The smallest absolute Gasteiger partial charge is 0.416 e. The molecule has 0 bridgehead atoms. The second-order valence-electron chi connectivity index (χ2n) is 7.51. The van der Waals surface area contributed by atoms with Gasteiger partial charge in [0, 0.05) is 6.42 Å². The number of hydrogen-bond acceptors (Lipinski definition) is 4. The molecule has 4 aromatic rings. The van der Waals surface area contributed by atoms with E-state index in [4.69, 9.17) is 5.11 Å². The van der Waals surface area contributed by atoms with Crippen LogP contribution in [0.25, 0.3) is 21.6 Å².